The predicted molar refractivity (Wildman–Crippen MR) is 43.1 cm³/mol. The first kappa shape index (κ1) is 7.14. The molecule has 0 spiro atoms. The van der Waals surface area contributed by atoms with Gasteiger partial charge in [0.1, 0.15) is 0 Å². The van der Waals surface area contributed by atoms with Gasteiger partial charge in [-0.2, -0.15) is 0 Å². The first-order valence-electron chi connectivity index (χ1n) is 4.65. The zero-order chi connectivity index (χ0) is 7.68. The molecule has 1 N–H and O–H groups in total. The Morgan fingerprint density at radius 1 is 1.18 bits per heavy atom. The van der Waals surface area contributed by atoms with Gasteiger partial charge in [0.2, 0.25) is 5.91 Å². The molecule has 0 aromatic heterocycles. The molecule has 11 heavy (non-hydrogen) atoms. The van der Waals surface area contributed by atoms with Gasteiger partial charge in [-0.1, -0.05) is 6.42 Å². The van der Waals surface area contributed by atoms with Crippen LogP contribution < -0.4 is 5.32 Å². The molecule has 62 valence electrons. The van der Waals surface area contributed by atoms with Crippen LogP contribution in [0.15, 0.2) is 0 Å². The van der Waals surface area contributed by atoms with Gasteiger partial charge < -0.3 is 5.32 Å². The van der Waals surface area contributed by atoms with Crippen molar-refractivity contribution in [2.75, 3.05) is 0 Å². The minimum absolute atomic E-state index is 0.277. The molecule has 2 rings (SSSR count). The summed E-state index contributed by atoms with van der Waals surface area (Å²) in [6.07, 6.45) is 7.00. The minimum Gasteiger partial charge on any atom is -0.353 e. The van der Waals surface area contributed by atoms with Crippen LogP contribution >= 0.6 is 0 Å². The molecule has 2 nitrogen and oxygen atoms in total. The molecule has 0 bridgehead atoms. The molecular weight excluding hydrogens is 138 g/mol. The molecule has 0 aromatic carbocycles. The van der Waals surface area contributed by atoms with E-state index in [1.54, 1.807) is 0 Å². The van der Waals surface area contributed by atoms with Crippen molar-refractivity contribution in [1.82, 2.24) is 5.32 Å². The average Bonchev–Trinajstić information content (AvgIpc) is 2.31. The van der Waals surface area contributed by atoms with Crippen molar-refractivity contribution in [1.29, 1.82) is 0 Å². The van der Waals surface area contributed by atoms with E-state index in [1.165, 1.54) is 25.7 Å². The van der Waals surface area contributed by atoms with Crippen LogP contribution in [0.5, 0.6) is 0 Å². The highest BCUT2D eigenvalue weighted by Gasteiger charge is 2.30. The number of carbonyl (C=O) groups is 1. The van der Waals surface area contributed by atoms with E-state index in [1.807, 2.05) is 0 Å². The number of hydrogen-bond acceptors (Lipinski definition) is 1. The van der Waals surface area contributed by atoms with Crippen LogP contribution in [0.4, 0.5) is 0 Å². The molecule has 0 aromatic rings. The van der Waals surface area contributed by atoms with Gasteiger partial charge in [0.15, 0.2) is 0 Å². The molecule has 2 heteroatoms. The predicted octanol–water partition coefficient (Wildman–Crippen LogP) is 1.46. The quantitative estimate of drug-likeness (QED) is 0.560. The highest BCUT2D eigenvalue weighted by molar-refractivity contribution is 5.76. The average molecular weight is 153 g/mol. The van der Waals surface area contributed by atoms with Crippen LogP contribution in [0.1, 0.15) is 38.5 Å². The summed E-state index contributed by atoms with van der Waals surface area (Å²) in [5.74, 6) is 1.08. The SMILES string of the molecule is O=C1CCCC2CCCC2N1. The van der Waals surface area contributed by atoms with Crippen LogP contribution in [0, 0.1) is 5.92 Å². The van der Waals surface area contributed by atoms with Gasteiger partial charge in [0.05, 0.1) is 0 Å². The number of carbonyl (C=O) groups excluding carboxylic acids is 1. The van der Waals surface area contributed by atoms with E-state index in [2.05, 4.69) is 5.32 Å². The van der Waals surface area contributed by atoms with E-state index in [4.69, 9.17) is 0 Å². The smallest absolute Gasteiger partial charge is 0.220 e. The Labute approximate surface area is 67.4 Å². The molecule has 1 saturated carbocycles. The molecule has 1 amide bonds. The monoisotopic (exact) mass is 153 g/mol. The summed E-state index contributed by atoms with van der Waals surface area (Å²) < 4.78 is 0. The van der Waals surface area contributed by atoms with Crippen LogP contribution in [0.2, 0.25) is 0 Å². The van der Waals surface area contributed by atoms with Gasteiger partial charge in [0.25, 0.3) is 0 Å². The zero-order valence-electron chi connectivity index (χ0n) is 6.81. The number of nitrogens with one attached hydrogen (secondary N) is 1. The fourth-order valence-corrected chi connectivity index (χ4v) is 2.38. The molecule has 0 radical (unpaired) electrons. The Morgan fingerprint density at radius 3 is 2.91 bits per heavy atom. The van der Waals surface area contributed by atoms with Crippen molar-refractivity contribution in [3.63, 3.8) is 0 Å². The summed E-state index contributed by atoms with van der Waals surface area (Å²) in [6, 6.07) is 0.532. The largest absolute Gasteiger partial charge is 0.353 e. The molecule has 2 aliphatic rings. The molecule has 1 saturated heterocycles. The number of fused-ring (bicyclic) bond motifs is 1. The standard InChI is InChI=1S/C9H15NO/c11-9-6-2-4-7-3-1-5-8(7)10-9/h7-8H,1-6H2,(H,10,11). The van der Waals surface area contributed by atoms with E-state index in [0.717, 1.165) is 18.8 Å². The highest BCUT2D eigenvalue weighted by Crippen LogP contribution is 2.31. The van der Waals surface area contributed by atoms with Crippen molar-refractivity contribution < 1.29 is 4.79 Å². The first-order valence-corrected chi connectivity index (χ1v) is 4.65. The summed E-state index contributed by atoms with van der Waals surface area (Å²) in [7, 11) is 0. The van der Waals surface area contributed by atoms with Gasteiger partial charge in [-0.25, -0.2) is 0 Å². The summed E-state index contributed by atoms with van der Waals surface area (Å²) >= 11 is 0. The molecule has 1 aliphatic heterocycles. The summed E-state index contributed by atoms with van der Waals surface area (Å²) in [6.45, 7) is 0. The Kier molecular flexibility index (Phi) is 1.84. The van der Waals surface area contributed by atoms with E-state index < -0.39 is 0 Å². The third kappa shape index (κ3) is 1.39. The number of amides is 1. The zero-order valence-corrected chi connectivity index (χ0v) is 6.81. The molecule has 1 heterocycles. The molecule has 2 atom stereocenters. The summed E-state index contributed by atoms with van der Waals surface area (Å²) in [5.41, 5.74) is 0. The van der Waals surface area contributed by atoms with Crippen LogP contribution in [0.3, 0.4) is 0 Å². The number of hydrogen-bond donors (Lipinski definition) is 1. The fraction of sp³-hybridized carbons (Fsp3) is 0.889. The lowest BCUT2D eigenvalue weighted by atomic mass is 9.99. The number of rotatable bonds is 0. The topological polar surface area (TPSA) is 29.1 Å². The van der Waals surface area contributed by atoms with Crippen molar-refractivity contribution in [3.8, 4) is 0 Å². The molecule has 2 fully saturated rings. The maximum absolute atomic E-state index is 11.1. The maximum Gasteiger partial charge on any atom is 0.220 e. The highest BCUT2D eigenvalue weighted by atomic mass is 16.1. The summed E-state index contributed by atoms with van der Waals surface area (Å²) in [5, 5.41) is 3.10. The fourth-order valence-electron chi connectivity index (χ4n) is 2.38. The third-order valence-corrected chi connectivity index (χ3v) is 2.98. The molecule has 2 unspecified atom stereocenters. The third-order valence-electron chi connectivity index (χ3n) is 2.98. The van der Waals surface area contributed by atoms with Gasteiger partial charge in [-0.3, -0.25) is 4.79 Å². The van der Waals surface area contributed by atoms with Gasteiger partial charge in [0, 0.05) is 12.5 Å². The van der Waals surface area contributed by atoms with Crippen molar-refractivity contribution in [2.45, 2.75) is 44.6 Å². The second-order valence-electron chi connectivity index (χ2n) is 3.76. The van der Waals surface area contributed by atoms with E-state index in [9.17, 15) is 4.79 Å². The normalized spacial score (nSPS) is 37.6. The Hall–Kier alpha value is -0.530. The van der Waals surface area contributed by atoms with Crippen molar-refractivity contribution >= 4 is 5.91 Å². The van der Waals surface area contributed by atoms with Crippen LogP contribution in [-0.4, -0.2) is 11.9 Å². The lowest BCUT2D eigenvalue weighted by Gasteiger charge is -2.15. The Bertz CT molecular complexity index is 167. The van der Waals surface area contributed by atoms with Crippen LogP contribution in [-0.2, 0) is 4.79 Å². The summed E-state index contributed by atoms with van der Waals surface area (Å²) in [4.78, 5) is 11.1. The van der Waals surface area contributed by atoms with E-state index in [0.29, 0.717) is 6.04 Å². The van der Waals surface area contributed by atoms with Crippen molar-refractivity contribution in [3.05, 3.63) is 0 Å². The second kappa shape index (κ2) is 2.84. The first-order chi connectivity index (χ1) is 5.36. The Balaban J connectivity index is 2.03. The van der Waals surface area contributed by atoms with E-state index >= 15 is 0 Å². The van der Waals surface area contributed by atoms with Gasteiger partial charge >= 0.3 is 0 Å². The lowest BCUT2D eigenvalue weighted by Crippen LogP contribution is -2.34. The molecular formula is C9H15NO. The minimum atomic E-state index is 0.277. The lowest BCUT2D eigenvalue weighted by molar-refractivity contribution is -0.121. The maximum atomic E-state index is 11.1. The van der Waals surface area contributed by atoms with Gasteiger partial charge in [-0.05, 0) is 31.6 Å². The molecule has 1 aliphatic carbocycles. The van der Waals surface area contributed by atoms with E-state index in [-0.39, 0.29) is 5.91 Å². The Morgan fingerprint density at radius 2 is 2.00 bits per heavy atom. The van der Waals surface area contributed by atoms with Gasteiger partial charge in [-0.15, -0.1) is 0 Å². The second-order valence-corrected chi connectivity index (χ2v) is 3.76. The van der Waals surface area contributed by atoms with Crippen LogP contribution in [0.25, 0.3) is 0 Å². The van der Waals surface area contributed by atoms with Crippen molar-refractivity contribution in [2.24, 2.45) is 5.92 Å².